The molecule has 0 aliphatic rings. The van der Waals surface area contributed by atoms with E-state index in [0.717, 1.165) is 0 Å². The molecule has 0 aromatic heterocycles. The van der Waals surface area contributed by atoms with Crippen molar-refractivity contribution < 1.29 is 19.2 Å². The molecule has 0 saturated carbocycles. The molecule has 0 aliphatic carbocycles. The predicted octanol–water partition coefficient (Wildman–Crippen LogP) is 1.65. The first-order chi connectivity index (χ1) is 14.2. The van der Waals surface area contributed by atoms with Gasteiger partial charge in [0.15, 0.2) is 0 Å². The second-order valence-electron chi connectivity index (χ2n) is 8.69. The Morgan fingerprint density at radius 2 is 1.06 bits per heavy atom. The molecule has 0 unspecified atom stereocenters. The van der Waals surface area contributed by atoms with Gasteiger partial charge in [0, 0.05) is 61.4 Å². The Hall–Kier alpha value is -2.90. The molecule has 0 aromatic carbocycles. The van der Waals surface area contributed by atoms with Crippen LogP contribution < -0.4 is 10.6 Å². The maximum absolute atomic E-state index is 12.5. The summed E-state index contributed by atoms with van der Waals surface area (Å²) in [5, 5.41) is 5.51. The van der Waals surface area contributed by atoms with Crippen LogP contribution in [0.3, 0.4) is 0 Å². The second-order valence-corrected chi connectivity index (χ2v) is 8.69. The Balaban J connectivity index is 5.10. The van der Waals surface area contributed by atoms with Crippen LogP contribution in [0.2, 0.25) is 0 Å². The summed E-state index contributed by atoms with van der Waals surface area (Å²) in [6.07, 6.45) is 0. The number of amides is 4. The quantitative estimate of drug-likeness (QED) is 0.456. The molecule has 0 spiro atoms. The lowest BCUT2D eigenvalue weighted by molar-refractivity contribution is -0.131. The lowest BCUT2D eigenvalue weighted by Gasteiger charge is -2.29. The topological polar surface area (TPSA) is 98.8 Å². The first-order valence-corrected chi connectivity index (χ1v) is 10.3. The normalized spacial score (nSPS) is 10.6. The molecule has 0 aromatic rings. The monoisotopic (exact) mass is 434 g/mol. The van der Waals surface area contributed by atoms with Gasteiger partial charge in [-0.05, 0) is 20.8 Å². The van der Waals surface area contributed by atoms with Gasteiger partial charge >= 0.3 is 0 Å². The lowest BCUT2D eigenvalue weighted by Crippen LogP contribution is -2.47. The second kappa shape index (κ2) is 12.7. The largest absolute Gasteiger partial charge is 0.354 e. The summed E-state index contributed by atoms with van der Waals surface area (Å²) in [5.74, 6) is -0.893. The van der Waals surface area contributed by atoms with Crippen molar-refractivity contribution in [2.24, 2.45) is 5.41 Å². The Bertz CT molecular complexity index is 734. The fraction of sp³-hybridized carbons (Fsp3) is 0.565. The van der Waals surface area contributed by atoms with E-state index in [2.05, 4.69) is 30.4 Å². The van der Waals surface area contributed by atoms with E-state index in [9.17, 15) is 19.2 Å². The number of hydrogen-bond acceptors (Lipinski definition) is 4. The molecule has 2 N–H and O–H groups in total. The highest BCUT2D eigenvalue weighted by molar-refractivity contribution is 5.94. The van der Waals surface area contributed by atoms with E-state index >= 15 is 0 Å². The summed E-state index contributed by atoms with van der Waals surface area (Å²) in [5.41, 5.74) is 0.589. The highest BCUT2D eigenvalue weighted by Crippen LogP contribution is 2.12. The van der Waals surface area contributed by atoms with Gasteiger partial charge in [-0.3, -0.25) is 19.2 Å². The Morgan fingerprint density at radius 1 is 0.677 bits per heavy atom. The molecule has 0 aliphatic heterocycles. The fourth-order valence-electron chi connectivity index (χ4n) is 2.44. The van der Waals surface area contributed by atoms with Gasteiger partial charge in [-0.2, -0.15) is 0 Å². The molecule has 174 valence electrons. The molecular weight excluding hydrogens is 396 g/mol. The summed E-state index contributed by atoms with van der Waals surface area (Å²) >= 11 is 0. The van der Waals surface area contributed by atoms with Crippen molar-refractivity contribution in [2.75, 3.05) is 39.3 Å². The number of hydrogen-bond donors (Lipinski definition) is 2. The van der Waals surface area contributed by atoms with Crippen LogP contribution in [0.5, 0.6) is 0 Å². The zero-order valence-electron chi connectivity index (χ0n) is 19.9. The minimum Gasteiger partial charge on any atom is -0.354 e. The number of rotatable bonds is 12. The minimum absolute atomic E-state index is 0.109. The van der Waals surface area contributed by atoms with Crippen molar-refractivity contribution in [1.82, 2.24) is 20.4 Å². The Kier molecular flexibility index (Phi) is 11.5. The molecule has 0 bridgehead atoms. The average Bonchev–Trinajstić information content (AvgIpc) is 2.66. The average molecular weight is 435 g/mol. The van der Waals surface area contributed by atoms with E-state index in [1.54, 1.807) is 25.7 Å². The van der Waals surface area contributed by atoms with Crippen molar-refractivity contribution in [3.05, 3.63) is 36.5 Å². The molecular formula is C23H38N4O4. The van der Waals surface area contributed by atoms with Crippen LogP contribution in [0.25, 0.3) is 0 Å². The highest BCUT2D eigenvalue weighted by Gasteiger charge is 2.22. The van der Waals surface area contributed by atoms with Crippen LogP contribution in [0, 0.1) is 5.41 Å². The van der Waals surface area contributed by atoms with E-state index in [1.807, 2.05) is 20.8 Å². The van der Waals surface area contributed by atoms with Crippen LogP contribution >= 0.6 is 0 Å². The molecule has 0 atom stereocenters. The zero-order valence-corrected chi connectivity index (χ0v) is 19.9. The molecule has 31 heavy (non-hydrogen) atoms. The SMILES string of the molecule is C=C(C)C(=O)NCCN(CCN(CCNC(=O)C(C)(C)C)C(=O)C(=C)C)C(=O)C(=C)C. The summed E-state index contributed by atoms with van der Waals surface area (Å²) in [4.78, 5) is 51.9. The summed E-state index contributed by atoms with van der Waals surface area (Å²) in [6.45, 7) is 22.8. The van der Waals surface area contributed by atoms with Crippen molar-refractivity contribution in [3.8, 4) is 0 Å². The lowest BCUT2D eigenvalue weighted by atomic mass is 9.96. The molecule has 8 heteroatoms. The predicted molar refractivity (Wildman–Crippen MR) is 123 cm³/mol. The van der Waals surface area contributed by atoms with Gasteiger partial charge in [0.1, 0.15) is 0 Å². The fourth-order valence-corrected chi connectivity index (χ4v) is 2.44. The number of nitrogens with one attached hydrogen (secondary N) is 2. The maximum Gasteiger partial charge on any atom is 0.249 e. The molecule has 4 amide bonds. The standard InChI is InChI=1S/C23H38N4O4/c1-16(2)19(28)24-10-12-26(20(29)17(3)4)14-15-27(21(30)18(5)6)13-11-25-22(31)23(7,8)9/h1,3,5,10-15H2,2,4,6-9H3,(H,24,28)(H,25,31). The van der Waals surface area contributed by atoms with Crippen molar-refractivity contribution >= 4 is 23.6 Å². The van der Waals surface area contributed by atoms with Crippen LogP contribution in [-0.2, 0) is 19.2 Å². The van der Waals surface area contributed by atoms with Gasteiger partial charge in [-0.1, -0.05) is 40.5 Å². The molecule has 0 saturated heterocycles. The Labute approximate surface area is 186 Å². The first kappa shape index (κ1) is 28.1. The first-order valence-electron chi connectivity index (χ1n) is 10.3. The van der Waals surface area contributed by atoms with Gasteiger partial charge < -0.3 is 20.4 Å². The van der Waals surface area contributed by atoms with Gasteiger partial charge in [0.05, 0.1) is 0 Å². The van der Waals surface area contributed by atoms with Crippen molar-refractivity contribution in [3.63, 3.8) is 0 Å². The summed E-state index contributed by atoms with van der Waals surface area (Å²) in [6, 6.07) is 0. The minimum atomic E-state index is -0.526. The number of carbonyl (C=O) groups is 4. The van der Waals surface area contributed by atoms with Crippen LogP contribution in [-0.4, -0.2) is 72.7 Å². The molecule has 0 rings (SSSR count). The molecule has 0 fully saturated rings. The Morgan fingerprint density at radius 3 is 1.39 bits per heavy atom. The van der Waals surface area contributed by atoms with Crippen molar-refractivity contribution in [1.29, 1.82) is 0 Å². The smallest absolute Gasteiger partial charge is 0.249 e. The maximum atomic E-state index is 12.5. The van der Waals surface area contributed by atoms with E-state index in [4.69, 9.17) is 0 Å². The van der Waals surface area contributed by atoms with Crippen molar-refractivity contribution in [2.45, 2.75) is 41.5 Å². The van der Waals surface area contributed by atoms with E-state index in [0.29, 0.717) is 16.7 Å². The molecule has 0 radical (unpaired) electrons. The van der Waals surface area contributed by atoms with Gasteiger partial charge in [-0.25, -0.2) is 0 Å². The number of carbonyl (C=O) groups excluding carboxylic acids is 4. The van der Waals surface area contributed by atoms with Gasteiger partial charge in [0.25, 0.3) is 0 Å². The number of nitrogens with zero attached hydrogens (tertiary/aromatic N) is 2. The third-order valence-corrected chi connectivity index (χ3v) is 4.35. The molecule has 8 nitrogen and oxygen atoms in total. The van der Waals surface area contributed by atoms with Crippen LogP contribution in [0.15, 0.2) is 36.5 Å². The molecule has 0 heterocycles. The van der Waals surface area contributed by atoms with Gasteiger partial charge in [0.2, 0.25) is 23.6 Å². The zero-order chi connectivity index (χ0) is 24.4. The van der Waals surface area contributed by atoms with E-state index in [-0.39, 0.29) is 62.9 Å². The van der Waals surface area contributed by atoms with Crippen LogP contribution in [0.1, 0.15) is 41.5 Å². The van der Waals surface area contributed by atoms with Crippen LogP contribution in [0.4, 0.5) is 0 Å². The highest BCUT2D eigenvalue weighted by atomic mass is 16.2. The summed E-state index contributed by atoms with van der Waals surface area (Å²) in [7, 11) is 0. The third-order valence-electron chi connectivity index (χ3n) is 4.35. The van der Waals surface area contributed by atoms with Gasteiger partial charge in [-0.15, -0.1) is 0 Å². The van der Waals surface area contributed by atoms with E-state index in [1.165, 1.54) is 4.90 Å². The summed E-state index contributed by atoms with van der Waals surface area (Å²) < 4.78 is 0. The third kappa shape index (κ3) is 10.6. The van der Waals surface area contributed by atoms with E-state index < -0.39 is 5.41 Å².